The Hall–Kier alpha value is -0.920. The number of halogens is 5. The number of hydrogen-bond donors (Lipinski definition) is 1. The lowest BCUT2D eigenvalue weighted by molar-refractivity contribution is -0.285. The number of nitrogens with two attached hydrogens (primary N) is 1. The van der Waals surface area contributed by atoms with Gasteiger partial charge in [-0.3, -0.25) is 4.79 Å². The maximum absolute atomic E-state index is 12.4. The molecule has 0 aliphatic rings. The fourth-order valence-electron chi connectivity index (χ4n) is 0.725. The molecule has 0 aliphatic carbocycles. The second-order valence-corrected chi connectivity index (χ2v) is 2.76. The zero-order valence-electron chi connectivity index (χ0n) is 7.78. The van der Waals surface area contributed by atoms with E-state index in [0.29, 0.717) is 0 Å². The van der Waals surface area contributed by atoms with Crippen LogP contribution in [0.3, 0.4) is 0 Å². The Morgan fingerprint density at radius 2 is 1.80 bits per heavy atom. The monoisotopic (exact) mass is 235 g/mol. The Balaban J connectivity index is 4.40. The summed E-state index contributed by atoms with van der Waals surface area (Å²) in [7, 11) is 0. The van der Waals surface area contributed by atoms with Crippen LogP contribution < -0.4 is 5.73 Å². The minimum absolute atomic E-state index is 0.135. The molecule has 0 saturated carbocycles. The third kappa shape index (κ3) is 3.98. The van der Waals surface area contributed by atoms with Crippen LogP contribution in [0.1, 0.15) is 13.3 Å². The van der Waals surface area contributed by atoms with Gasteiger partial charge in [0.05, 0.1) is 6.61 Å². The van der Waals surface area contributed by atoms with E-state index in [-0.39, 0.29) is 6.61 Å². The molecule has 0 aromatic heterocycles. The van der Waals surface area contributed by atoms with E-state index >= 15 is 0 Å². The largest absolute Gasteiger partial charge is 0.465 e. The molecule has 0 aromatic rings. The zero-order valence-corrected chi connectivity index (χ0v) is 7.78. The molecule has 0 fully saturated rings. The van der Waals surface area contributed by atoms with Crippen LogP contribution in [0.15, 0.2) is 0 Å². The van der Waals surface area contributed by atoms with Gasteiger partial charge in [0.2, 0.25) is 0 Å². The van der Waals surface area contributed by atoms with Crippen molar-refractivity contribution in [3.63, 3.8) is 0 Å². The van der Waals surface area contributed by atoms with Crippen LogP contribution in [0.25, 0.3) is 0 Å². The van der Waals surface area contributed by atoms with E-state index in [1.165, 1.54) is 6.92 Å². The van der Waals surface area contributed by atoms with Crippen molar-refractivity contribution in [1.29, 1.82) is 0 Å². The SMILES string of the molecule is CCOC(=O)C(N)CC(F)(F)C(F)(F)F. The average Bonchev–Trinajstić information content (AvgIpc) is 2.01. The van der Waals surface area contributed by atoms with Crippen LogP contribution >= 0.6 is 0 Å². The van der Waals surface area contributed by atoms with Crippen molar-refractivity contribution in [2.75, 3.05) is 6.61 Å². The Bertz CT molecular complexity index is 228. The zero-order chi connectivity index (χ0) is 12.3. The van der Waals surface area contributed by atoms with Gasteiger partial charge in [-0.05, 0) is 6.92 Å². The predicted octanol–water partition coefficient (Wildman–Crippen LogP) is 1.46. The number of esters is 1. The van der Waals surface area contributed by atoms with E-state index in [2.05, 4.69) is 4.74 Å². The molecule has 1 unspecified atom stereocenters. The minimum Gasteiger partial charge on any atom is -0.465 e. The Morgan fingerprint density at radius 3 is 2.13 bits per heavy atom. The number of rotatable bonds is 4. The van der Waals surface area contributed by atoms with Crippen molar-refractivity contribution >= 4 is 5.97 Å². The van der Waals surface area contributed by atoms with Gasteiger partial charge >= 0.3 is 18.1 Å². The molecule has 0 amide bonds. The van der Waals surface area contributed by atoms with E-state index in [4.69, 9.17) is 5.73 Å². The van der Waals surface area contributed by atoms with Gasteiger partial charge < -0.3 is 10.5 Å². The molecule has 8 heteroatoms. The number of hydrogen-bond acceptors (Lipinski definition) is 3. The lowest BCUT2D eigenvalue weighted by atomic mass is 10.1. The van der Waals surface area contributed by atoms with Gasteiger partial charge in [0.25, 0.3) is 0 Å². The lowest BCUT2D eigenvalue weighted by Gasteiger charge is -2.21. The smallest absolute Gasteiger partial charge is 0.453 e. The third-order valence-corrected chi connectivity index (χ3v) is 1.48. The molecule has 0 saturated heterocycles. The molecule has 0 heterocycles. The summed E-state index contributed by atoms with van der Waals surface area (Å²) < 4.78 is 64.0. The van der Waals surface area contributed by atoms with E-state index in [0.717, 1.165) is 0 Å². The van der Waals surface area contributed by atoms with Gasteiger partial charge in [0.15, 0.2) is 0 Å². The number of alkyl halides is 5. The van der Waals surface area contributed by atoms with Crippen LogP contribution in [0.5, 0.6) is 0 Å². The topological polar surface area (TPSA) is 52.3 Å². The van der Waals surface area contributed by atoms with Crippen molar-refractivity contribution in [3.05, 3.63) is 0 Å². The van der Waals surface area contributed by atoms with Crippen molar-refractivity contribution in [2.45, 2.75) is 31.5 Å². The highest BCUT2D eigenvalue weighted by Gasteiger charge is 2.58. The molecule has 0 bridgehead atoms. The summed E-state index contributed by atoms with van der Waals surface area (Å²) in [6, 6.07) is -1.98. The highest BCUT2D eigenvalue weighted by atomic mass is 19.4. The fourth-order valence-corrected chi connectivity index (χ4v) is 0.725. The maximum atomic E-state index is 12.4. The minimum atomic E-state index is -5.71. The summed E-state index contributed by atoms with van der Waals surface area (Å²) in [6.07, 6.45) is -7.52. The normalized spacial score (nSPS) is 14.9. The summed E-state index contributed by atoms with van der Waals surface area (Å²) in [5.41, 5.74) is 4.83. The number of ether oxygens (including phenoxy) is 1. The second kappa shape index (κ2) is 4.73. The first kappa shape index (κ1) is 14.1. The van der Waals surface area contributed by atoms with Gasteiger partial charge in [-0.15, -0.1) is 0 Å². The van der Waals surface area contributed by atoms with E-state index in [1.807, 2.05) is 0 Å². The average molecular weight is 235 g/mol. The van der Waals surface area contributed by atoms with Crippen LogP contribution in [0, 0.1) is 0 Å². The van der Waals surface area contributed by atoms with Crippen LogP contribution in [0.2, 0.25) is 0 Å². The molecule has 0 spiro atoms. The molecule has 90 valence electrons. The summed E-state index contributed by atoms with van der Waals surface area (Å²) in [5, 5.41) is 0. The number of carbonyl (C=O) groups is 1. The van der Waals surface area contributed by atoms with E-state index in [9.17, 15) is 26.7 Å². The van der Waals surface area contributed by atoms with Crippen molar-refractivity contribution in [2.24, 2.45) is 5.73 Å². The molecule has 1 atom stereocenters. The van der Waals surface area contributed by atoms with Crippen LogP contribution in [0.4, 0.5) is 22.0 Å². The highest BCUT2D eigenvalue weighted by Crippen LogP contribution is 2.38. The van der Waals surface area contributed by atoms with Gasteiger partial charge in [-0.25, -0.2) is 0 Å². The molecular weight excluding hydrogens is 225 g/mol. The summed E-state index contributed by atoms with van der Waals surface area (Å²) in [5.74, 6) is -6.26. The molecular formula is C7H10F5NO2. The van der Waals surface area contributed by atoms with Gasteiger partial charge in [-0.1, -0.05) is 0 Å². The summed E-state index contributed by atoms with van der Waals surface area (Å²) >= 11 is 0. The van der Waals surface area contributed by atoms with Crippen LogP contribution in [-0.2, 0) is 9.53 Å². The lowest BCUT2D eigenvalue weighted by Crippen LogP contribution is -2.45. The van der Waals surface area contributed by atoms with Gasteiger partial charge in [-0.2, -0.15) is 22.0 Å². The molecule has 15 heavy (non-hydrogen) atoms. The fraction of sp³-hybridized carbons (Fsp3) is 0.857. The predicted molar refractivity (Wildman–Crippen MR) is 40.2 cm³/mol. The molecule has 0 rings (SSSR count). The summed E-state index contributed by atoms with van der Waals surface area (Å²) in [4.78, 5) is 10.7. The molecule has 0 radical (unpaired) electrons. The van der Waals surface area contributed by atoms with Crippen LogP contribution in [-0.4, -0.2) is 30.7 Å². The van der Waals surface area contributed by atoms with Crippen molar-refractivity contribution in [3.8, 4) is 0 Å². The standard InChI is InChI=1S/C7H10F5NO2/c1-2-15-5(14)4(13)3-6(8,9)7(10,11)12/h4H,2-3,13H2,1H3. The molecule has 0 aromatic carbocycles. The Kier molecular flexibility index (Phi) is 4.44. The Morgan fingerprint density at radius 1 is 1.33 bits per heavy atom. The molecule has 0 aliphatic heterocycles. The quantitative estimate of drug-likeness (QED) is 0.593. The van der Waals surface area contributed by atoms with Gasteiger partial charge in [0, 0.05) is 6.42 Å². The first-order valence-electron chi connectivity index (χ1n) is 3.98. The maximum Gasteiger partial charge on any atom is 0.453 e. The molecule has 2 N–H and O–H groups in total. The highest BCUT2D eigenvalue weighted by molar-refractivity contribution is 5.75. The van der Waals surface area contributed by atoms with Crippen molar-refractivity contribution in [1.82, 2.24) is 0 Å². The van der Waals surface area contributed by atoms with E-state index < -0.39 is 30.5 Å². The van der Waals surface area contributed by atoms with Gasteiger partial charge in [0.1, 0.15) is 6.04 Å². The third-order valence-electron chi connectivity index (χ3n) is 1.48. The molecule has 3 nitrogen and oxygen atoms in total. The summed E-state index contributed by atoms with van der Waals surface area (Å²) in [6.45, 7) is 1.25. The first-order chi connectivity index (χ1) is 6.62. The van der Waals surface area contributed by atoms with E-state index in [1.54, 1.807) is 0 Å². The van der Waals surface area contributed by atoms with Crippen molar-refractivity contribution < 1.29 is 31.5 Å². The second-order valence-electron chi connectivity index (χ2n) is 2.76. The first-order valence-corrected chi connectivity index (χ1v) is 3.98. The Labute approximate surface area is 82.4 Å². The number of carbonyl (C=O) groups excluding carboxylic acids is 1.